The number of nitrogens with one attached hydrogen (secondary N) is 1. The molecule has 2 rings (SSSR count). The summed E-state index contributed by atoms with van der Waals surface area (Å²) in [6.07, 6.45) is 2.61. The molecule has 1 heterocycles. The number of nitrogens with two attached hydrogens (primary N) is 1. The van der Waals surface area contributed by atoms with Crippen LogP contribution in [0.15, 0.2) is 36.5 Å². The maximum atomic E-state index is 5.62. The van der Waals surface area contributed by atoms with Crippen molar-refractivity contribution in [2.75, 3.05) is 17.7 Å². The van der Waals surface area contributed by atoms with E-state index in [1.807, 2.05) is 24.3 Å². The molecule has 0 atom stereocenters. The fraction of sp³-hybridized carbons (Fsp3) is 0.231. The van der Waals surface area contributed by atoms with Gasteiger partial charge in [-0.3, -0.25) is 0 Å². The molecule has 0 bridgehead atoms. The molecule has 0 unspecified atom stereocenters. The van der Waals surface area contributed by atoms with Crippen LogP contribution in [0.3, 0.4) is 0 Å². The van der Waals surface area contributed by atoms with Crippen molar-refractivity contribution in [1.82, 2.24) is 9.97 Å². The predicted molar refractivity (Wildman–Crippen MR) is 72.0 cm³/mol. The lowest BCUT2D eigenvalue weighted by molar-refractivity contribution is 0.305. The Morgan fingerprint density at radius 1 is 1.22 bits per heavy atom. The van der Waals surface area contributed by atoms with Gasteiger partial charge in [0.05, 0.1) is 6.61 Å². The van der Waals surface area contributed by atoms with Crippen LogP contribution in [0.25, 0.3) is 0 Å². The van der Waals surface area contributed by atoms with Crippen LogP contribution in [0.2, 0.25) is 0 Å². The largest absolute Gasteiger partial charge is 0.478 e. The molecular weight excluding hydrogens is 228 g/mol. The Kier molecular flexibility index (Phi) is 3.96. The molecule has 5 nitrogen and oxygen atoms in total. The van der Waals surface area contributed by atoms with E-state index in [1.165, 1.54) is 0 Å². The zero-order chi connectivity index (χ0) is 12.8. The minimum Gasteiger partial charge on any atom is -0.478 e. The van der Waals surface area contributed by atoms with Crippen molar-refractivity contribution in [3.05, 3.63) is 36.5 Å². The van der Waals surface area contributed by atoms with Gasteiger partial charge in [-0.05, 0) is 30.7 Å². The number of benzene rings is 1. The topological polar surface area (TPSA) is 73.1 Å². The van der Waals surface area contributed by atoms with Gasteiger partial charge in [0.1, 0.15) is 0 Å². The summed E-state index contributed by atoms with van der Waals surface area (Å²) in [4.78, 5) is 8.38. The summed E-state index contributed by atoms with van der Waals surface area (Å²) in [7, 11) is 0. The first-order valence-electron chi connectivity index (χ1n) is 5.86. The fourth-order valence-corrected chi connectivity index (χ4v) is 1.38. The van der Waals surface area contributed by atoms with Gasteiger partial charge < -0.3 is 15.8 Å². The minimum absolute atomic E-state index is 0.508. The van der Waals surface area contributed by atoms with Crippen LogP contribution < -0.4 is 15.8 Å². The summed E-state index contributed by atoms with van der Waals surface area (Å²) in [6, 6.07) is 9.12. The van der Waals surface area contributed by atoms with Crippen LogP contribution >= 0.6 is 0 Å². The normalized spacial score (nSPS) is 10.1. The Balaban J connectivity index is 2.06. The zero-order valence-electron chi connectivity index (χ0n) is 10.3. The van der Waals surface area contributed by atoms with E-state index in [0.717, 1.165) is 17.8 Å². The van der Waals surface area contributed by atoms with Crippen LogP contribution in [0.4, 0.5) is 17.3 Å². The van der Waals surface area contributed by atoms with Gasteiger partial charge >= 0.3 is 0 Å². The van der Waals surface area contributed by atoms with E-state index in [-0.39, 0.29) is 0 Å². The number of rotatable bonds is 5. The molecule has 0 amide bonds. The number of aromatic nitrogens is 2. The molecule has 0 saturated heterocycles. The van der Waals surface area contributed by atoms with Crippen molar-refractivity contribution < 1.29 is 4.74 Å². The monoisotopic (exact) mass is 244 g/mol. The van der Waals surface area contributed by atoms with Crippen LogP contribution in [0.5, 0.6) is 5.88 Å². The minimum atomic E-state index is 0.508. The summed E-state index contributed by atoms with van der Waals surface area (Å²) in [5, 5.41) is 3.09. The first-order chi connectivity index (χ1) is 8.78. The average molecular weight is 244 g/mol. The molecule has 3 N–H and O–H groups in total. The predicted octanol–water partition coefficient (Wildman–Crippen LogP) is 2.59. The third-order valence-electron chi connectivity index (χ3n) is 2.25. The highest BCUT2D eigenvalue weighted by molar-refractivity contribution is 5.57. The Morgan fingerprint density at radius 3 is 2.72 bits per heavy atom. The first kappa shape index (κ1) is 12.2. The number of hydrogen-bond acceptors (Lipinski definition) is 5. The second kappa shape index (κ2) is 5.86. The molecule has 0 aliphatic rings. The molecule has 1 aromatic carbocycles. The van der Waals surface area contributed by atoms with E-state index in [1.54, 1.807) is 12.3 Å². The molecule has 2 aromatic rings. The maximum Gasteiger partial charge on any atom is 0.230 e. The highest BCUT2D eigenvalue weighted by Gasteiger charge is 2.00. The van der Waals surface area contributed by atoms with Crippen molar-refractivity contribution in [2.45, 2.75) is 13.3 Å². The zero-order valence-corrected chi connectivity index (χ0v) is 10.3. The number of nitrogens with zero attached hydrogens (tertiary/aromatic N) is 2. The van der Waals surface area contributed by atoms with E-state index in [0.29, 0.717) is 18.4 Å². The lowest BCUT2D eigenvalue weighted by atomic mass is 10.3. The van der Waals surface area contributed by atoms with Crippen LogP contribution in [-0.4, -0.2) is 16.6 Å². The Hall–Kier alpha value is -2.30. The quantitative estimate of drug-likeness (QED) is 0.791. The van der Waals surface area contributed by atoms with Crippen molar-refractivity contribution in [3.8, 4) is 5.88 Å². The van der Waals surface area contributed by atoms with Gasteiger partial charge in [0.2, 0.25) is 11.8 Å². The smallest absolute Gasteiger partial charge is 0.230 e. The summed E-state index contributed by atoms with van der Waals surface area (Å²) in [5.41, 5.74) is 7.23. The summed E-state index contributed by atoms with van der Waals surface area (Å²) < 4.78 is 5.44. The van der Waals surface area contributed by atoms with Gasteiger partial charge in [-0.15, -0.1) is 0 Å². The number of nitrogen functional groups attached to an aromatic ring is 1. The molecule has 0 radical (unpaired) electrons. The van der Waals surface area contributed by atoms with E-state index in [4.69, 9.17) is 10.5 Å². The Labute approximate surface area is 106 Å². The van der Waals surface area contributed by atoms with Crippen LogP contribution in [0, 0.1) is 0 Å². The highest BCUT2D eigenvalue weighted by atomic mass is 16.5. The molecule has 5 heteroatoms. The third-order valence-corrected chi connectivity index (χ3v) is 2.25. The number of hydrogen-bond donors (Lipinski definition) is 2. The van der Waals surface area contributed by atoms with Crippen molar-refractivity contribution in [3.63, 3.8) is 0 Å². The summed E-state index contributed by atoms with van der Waals surface area (Å²) >= 11 is 0. The second-order valence-electron chi connectivity index (χ2n) is 3.81. The highest BCUT2D eigenvalue weighted by Crippen LogP contribution is 2.16. The molecule has 1 aromatic heterocycles. The Morgan fingerprint density at radius 2 is 2.00 bits per heavy atom. The SMILES string of the molecule is CCCOc1ccnc(Nc2ccc(N)cc2)n1. The first-order valence-corrected chi connectivity index (χ1v) is 5.86. The lowest BCUT2D eigenvalue weighted by Gasteiger charge is -2.07. The van der Waals surface area contributed by atoms with Gasteiger partial charge in [0.15, 0.2) is 0 Å². The fourth-order valence-electron chi connectivity index (χ4n) is 1.38. The molecule has 0 fully saturated rings. The molecule has 0 aliphatic carbocycles. The average Bonchev–Trinajstić information content (AvgIpc) is 2.40. The lowest BCUT2D eigenvalue weighted by Crippen LogP contribution is -2.01. The molecule has 18 heavy (non-hydrogen) atoms. The van der Waals surface area contributed by atoms with Gasteiger partial charge in [-0.1, -0.05) is 6.92 Å². The maximum absolute atomic E-state index is 5.62. The summed E-state index contributed by atoms with van der Waals surface area (Å²) in [6.45, 7) is 2.70. The number of ether oxygens (including phenoxy) is 1. The van der Waals surface area contributed by atoms with Gasteiger partial charge in [-0.2, -0.15) is 4.98 Å². The van der Waals surface area contributed by atoms with E-state index >= 15 is 0 Å². The number of anilines is 3. The van der Waals surface area contributed by atoms with Gasteiger partial charge in [0.25, 0.3) is 0 Å². The van der Waals surface area contributed by atoms with Crippen molar-refractivity contribution in [1.29, 1.82) is 0 Å². The summed E-state index contributed by atoms with van der Waals surface area (Å²) in [5.74, 6) is 1.08. The van der Waals surface area contributed by atoms with Gasteiger partial charge in [-0.25, -0.2) is 4.98 Å². The molecule has 0 saturated carbocycles. The molecular formula is C13H16N4O. The van der Waals surface area contributed by atoms with Crippen molar-refractivity contribution >= 4 is 17.3 Å². The van der Waals surface area contributed by atoms with E-state index in [9.17, 15) is 0 Å². The van der Waals surface area contributed by atoms with E-state index < -0.39 is 0 Å². The Bertz CT molecular complexity index is 499. The third kappa shape index (κ3) is 3.35. The second-order valence-corrected chi connectivity index (χ2v) is 3.81. The van der Waals surface area contributed by atoms with Gasteiger partial charge in [0, 0.05) is 23.6 Å². The van der Waals surface area contributed by atoms with Crippen molar-refractivity contribution in [2.24, 2.45) is 0 Å². The van der Waals surface area contributed by atoms with E-state index in [2.05, 4.69) is 22.2 Å². The molecule has 0 aliphatic heterocycles. The standard InChI is InChI=1S/C13H16N4O/c1-2-9-18-12-7-8-15-13(17-12)16-11-5-3-10(14)4-6-11/h3-8H,2,9,14H2,1H3,(H,15,16,17). The van der Waals surface area contributed by atoms with Crippen LogP contribution in [0.1, 0.15) is 13.3 Å². The molecule has 0 spiro atoms. The molecule has 94 valence electrons. The van der Waals surface area contributed by atoms with Crippen LogP contribution in [-0.2, 0) is 0 Å².